The molecule has 0 radical (unpaired) electrons. The summed E-state index contributed by atoms with van der Waals surface area (Å²) in [4.78, 5) is 7.92. The predicted molar refractivity (Wildman–Crippen MR) is 56.0 cm³/mol. The number of rotatable bonds is 1. The molecule has 74 valence electrons. The lowest BCUT2D eigenvalue weighted by Crippen LogP contribution is -2.01. The maximum absolute atomic E-state index is 8.69. The Balaban J connectivity index is 2.55. The first-order valence-electron chi connectivity index (χ1n) is 3.96. The molecule has 0 fully saturated rings. The average Bonchev–Trinajstić information content (AvgIpc) is 2.58. The molecule has 2 aromatic rings. The van der Waals surface area contributed by atoms with Crippen molar-refractivity contribution >= 4 is 21.9 Å². The molecule has 2 N–H and O–H groups in total. The molecule has 6 nitrogen and oxygen atoms in total. The standard InChI is InChI=1S/C8H5BrN6/c9-7-13-8(11)14-15(7)6-3-1-2-5(4-10)12-6/h1-3H,(H2,11,14). The fraction of sp³-hybridized carbons (Fsp3) is 0. The topological polar surface area (TPSA) is 93.4 Å². The number of nitrogens with zero attached hydrogens (tertiary/aromatic N) is 5. The van der Waals surface area contributed by atoms with Crippen LogP contribution < -0.4 is 5.73 Å². The van der Waals surface area contributed by atoms with Crippen LogP contribution in [0.4, 0.5) is 5.95 Å². The zero-order valence-corrected chi connectivity index (χ0v) is 9.01. The van der Waals surface area contributed by atoms with Gasteiger partial charge in [-0.1, -0.05) is 6.07 Å². The van der Waals surface area contributed by atoms with Gasteiger partial charge in [-0.2, -0.15) is 14.9 Å². The quantitative estimate of drug-likeness (QED) is 0.825. The molecule has 2 heterocycles. The second-order valence-electron chi connectivity index (χ2n) is 2.64. The number of nitriles is 1. The van der Waals surface area contributed by atoms with Crippen LogP contribution in [0, 0.1) is 11.3 Å². The number of nitrogen functional groups attached to an aromatic ring is 1. The molecular weight excluding hydrogens is 260 g/mol. The highest BCUT2D eigenvalue weighted by molar-refractivity contribution is 9.10. The van der Waals surface area contributed by atoms with Crippen molar-refractivity contribution in [2.75, 3.05) is 5.73 Å². The van der Waals surface area contributed by atoms with Crippen LogP contribution in [-0.2, 0) is 0 Å². The molecule has 0 amide bonds. The van der Waals surface area contributed by atoms with Crippen LogP contribution in [0.5, 0.6) is 0 Å². The maximum Gasteiger partial charge on any atom is 0.240 e. The van der Waals surface area contributed by atoms with Gasteiger partial charge < -0.3 is 5.73 Å². The minimum atomic E-state index is 0.144. The summed E-state index contributed by atoms with van der Waals surface area (Å²) in [6.45, 7) is 0. The first-order chi connectivity index (χ1) is 7.20. The van der Waals surface area contributed by atoms with Crippen molar-refractivity contribution in [1.82, 2.24) is 19.7 Å². The third-order valence-corrected chi connectivity index (χ3v) is 2.16. The van der Waals surface area contributed by atoms with Gasteiger partial charge in [-0.15, -0.1) is 5.10 Å². The molecule has 0 aromatic carbocycles. The van der Waals surface area contributed by atoms with Crippen LogP contribution in [0.25, 0.3) is 5.82 Å². The van der Waals surface area contributed by atoms with Crippen molar-refractivity contribution in [2.24, 2.45) is 0 Å². The Morgan fingerprint density at radius 3 is 2.80 bits per heavy atom. The lowest BCUT2D eigenvalue weighted by atomic mass is 10.4. The van der Waals surface area contributed by atoms with E-state index in [2.05, 4.69) is 31.0 Å². The summed E-state index contributed by atoms with van der Waals surface area (Å²) < 4.78 is 1.86. The summed E-state index contributed by atoms with van der Waals surface area (Å²) >= 11 is 3.19. The Hall–Kier alpha value is -1.94. The largest absolute Gasteiger partial charge is 0.366 e. The molecule has 0 saturated heterocycles. The van der Waals surface area contributed by atoms with Gasteiger partial charge in [0.1, 0.15) is 11.8 Å². The summed E-state index contributed by atoms with van der Waals surface area (Å²) in [6.07, 6.45) is 0. The van der Waals surface area contributed by atoms with Crippen LogP contribution in [0.15, 0.2) is 22.9 Å². The van der Waals surface area contributed by atoms with E-state index >= 15 is 0 Å². The Kier molecular flexibility index (Phi) is 2.35. The first kappa shape index (κ1) is 9.61. The van der Waals surface area contributed by atoms with E-state index in [1.807, 2.05) is 6.07 Å². The zero-order chi connectivity index (χ0) is 10.8. The van der Waals surface area contributed by atoms with Gasteiger partial charge in [-0.25, -0.2) is 4.98 Å². The van der Waals surface area contributed by atoms with Crippen molar-refractivity contribution < 1.29 is 0 Å². The van der Waals surface area contributed by atoms with Crippen LogP contribution >= 0.6 is 15.9 Å². The van der Waals surface area contributed by atoms with Gasteiger partial charge in [0.05, 0.1) is 0 Å². The molecule has 2 rings (SSSR count). The number of halogens is 1. The second-order valence-corrected chi connectivity index (χ2v) is 3.35. The number of anilines is 1. The minimum Gasteiger partial charge on any atom is -0.366 e. The molecule has 0 bridgehead atoms. The van der Waals surface area contributed by atoms with Crippen LogP contribution in [-0.4, -0.2) is 19.7 Å². The molecule has 0 unspecified atom stereocenters. The molecule has 0 aliphatic rings. The monoisotopic (exact) mass is 264 g/mol. The lowest BCUT2D eigenvalue weighted by Gasteiger charge is -1.99. The fourth-order valence-corrected chi connectivity index (χ4v) is 1.50. The molecular formula is C8H5BrN6. The molecule has 7 heteroatoms. The summed E-state index contributed by atoms with van der Waals surface area (Å²) in [6, 6.07) is 6.97. The Morgan fingerprint density at radius 1 is 1.40 bits per heavy atom. The SMILES string of the molecule is N#Cc1cccc(-n2nc(N)nc2Br)n1. The van der Waals surface area contributed by atoms with Gasteiger partial charge in [-0.05, 0) is 28.1 Å². The third-order valence-electron chi connectivity index (χ3n) is 1.65. The molecule has 0 aliphatic heterocycles. The van der Waals surface area contributed by atoms with Crippen molar-refractivity contribution in [2.45, 2.75) is 0 Å². The van der Waals surface area contributed by atoms with Crippen LogP contribution in [0.3, 0.4) is 0 Å². The van der Waals surface area contributed by atoms with E-state index in [1.54, 1.807) is 18.2 Å². The smallest absolute Gasteiger partial charge is 0.240 e. The van der Waals surface area contributed by atoms with Gasteiger partial charge in [-0.3, -0.25) is 0 Å². The van der Waals surface area contributed by atoms with Crippen molar-refractivity contribution in [3.63, 3.8) is 0 Å². The van der Waals surface area contributed by atoms with Gasteiger partial charge in [0.25, 0.3) is 0 Å². The van der Waals surface area contributed by atoms with E-state index in [4.69, 9.17) is 11.0 Å². The van der Waals surface area contributed by atoms with Gasteiger partial charge >= 0.3 is 0 Å². The molecule has 2 aromatic heterocycles. The molecule has 0 atom stereocenters. The highest BCUT2D eigenvalue weighted by atomic mass is 79.9. The summed E-state index contributed by atoms with van der Waals surface area (Å²) in [5.74, 6) is 0.635. The number of pyridine rings is 1. The van der Waals surface area contributed by atoms with E-state index in [0.29, 0.717) is 16.2 Å². The van der Waals surface area contributed by atoms with E-state index in [0.717, 1.165) is 0 Å². The first-order valence-corrected chi connectivity index (χ1v) is 4.75. The molecule has 0 spiro atoms. The van der Waals surface area contributed by atoms with Gasteiger partial charge in [0.2, 0.25) is 10.7 Å². The Labute approximate surface area is 93.5 Å². The van der Waals surface area contributed by atoms with Crippen molar-refractivity contribution in [3.8, 4) is 11.9 Å². The second kappa shape index (κ2) is 3.67. The molecule has 15 heavy (non-hydrogen) atoms. The average molecular weight is 265 g/mol. The molecule has 0 saturated carbocycles. The summed E-state index contributed by atoms with van der Waals surface area (Å²) in [5, 5.41) is 12.6. The lowest BCUT2D eigenvalue weighted by molar-refractivity contribution is 0.826. The Bertz CT molecular complexity index is 540. The van der Waals surface area contributed by atoms with Crippen LogP contribution in [0.2, 0.25) is 0 Å². The fourth-order valence-electron chi connectivity index (χ4n) is 1.06. The number of hydrogen-bond donors (Lipinski definition) is 1. The van der Waals surface area contributed by atoms with E-state index in [-0.39, 0.29) is 5.95 Å². The summed E-state index contributed by atoms with van der Waals surface area (Å²) in [5.41, 5.74) is 5.73. The third kappa shape index (κ3) is 1.80. The van der Waals surface area contributed by atoms with E-state index in [1.165, 1.54) is 4.68 Å². The number of nitrogens with two attached hydrogens (primary N) is 1. The van der Waals surface area contributed by atoms with Crippen molar-refractivity contribution in [1.29, 1.82) is 5.26 Å². The Morgan fingerprint density at radius 2 is 2.20 bits per heavy atom. The molecule has 0 aliphatic carbocycles. The van der Waals surface area contributed by atoms with E-state index in [9.17, 15) is 0 Å². The highest BCUT2D eigenvalue weighted by Crippen LogP contribution is 2.13. The van der Waals surface area contributed by atoms with Gasteiger partial charge in [0, 0.05) is 0 Å². The number of hydrogen-bond acceptors (Lipinski definition) is 5. The van der Waals surface area contributed by atoms with E-state index < -0.39 is 0 Å². The highest BCUT2D eigenvalue weighted by Gasteiger charge is 2.08. The maximum atomic E-state index is 8.69. The van der Waals surface area contributed by atoms with Crippen LogP contribution in [0.1, 0.15) is 5.69 Å². The van der Waals surface area contributed by atoms with Crippen molar-refractivity contribution in [3.05, 3.63) is 28.6 Å². The minimum absolute atomic E-state index is 0.144. The predicted octanol–water partition coefficient (Wildman–Crippen LogP) is 0.879. The summed E-state index contributed by atoms with van der Waals surface area (Å²) in [7, 11) is 0. The normalized spacial score (nSPS) is 9.87. The number of aromatic nitrogens is 4. The zero-order valence-electron chi connectivity index (χ0n) is 7.42. The van der Waals surface area contributed by atoms with Gasteiger partial charge in [0.15, 0.2) is 5.82 Å².